The van der Waals surface area contributed by atoms with Crippen molar-refractivity contribution < 1.29 is 14.6 Å². The van der Waals surface area contributed by atoms with E-state index in [1.807, 2.05) is 0 Å². The molecule has 19 heavy (non-hydrogen) atoms. The van der Waals surface area contributed by atoms with Gasteiger partial charge in [-0.1, -0.05) is 6.42 Å². The number of aliphatic carboxylic acids is 1. The monoisotopic (exact) mass is 266 g/mol. The van der Waals surface area contributed by atoms with Crippen molar-refractivity contribution in [1.29, 1.82) is 0 Å². The maximum atomic E-state index is 11.4. The molecule has 1 aromatic heterocycles. The number of nitrogens with zero attached hydrogens (tertiary/aromatic N) is 4. The van der Waals surface area contributed by atoms with Gasteiger partial charge in [-0.15, -0.1) is 5.10 Å². The molecular formula is C12H18N4O3. The van der Waals surface area contributed by atoms with Crippen LogP contribution in [0.15, 0.2) is 0 Å². The van der Waals surface area contributed by atoms with Crippen molar-refractivity contribution in [3.8, 4) is 0 Å². The van der Waals surface area contributed by atoms with Crippen molar-refractivity contribution in [2.75, 3.05) is 6.61 Å². The summed E-state index contributed by atoms with van der Waals surface area (Å²) in [5.74, 6) is -0.00302. The van der Waals surface area contributed by atoms with E-state index in [1.54, 1.807) is 4.68 Å². The third-order valence-corrected chi connectivity index (χ3v) is 4.26. The predicted molar refractivity (Wildman–Crippen MR) is 64.4 cm³/mol. The molecule has 2 fully saturated rings. The molecule has 7 heteroatoms. The average Bonchev–Trinajstić information content (AvgIpc) is 2.96. The Morgan fingerprint density at radius 2 is 2.32 bits per heavy atom. The molecule has 0 amide bonds. The third kappa shape index (κ3) is 2.34. The molecule has 1 N–H and O–H groups in total. The minimum atomic E-state index is -0.739. The van der Waals surface area contributed by atoms with Gasteiger partial charge in [0.15, 0.2) is 5.82 Å². The van der Waals surface area contributed by atoms with E-state index in [0.717, 1.165) is 31.7 Å². The van der Waals surface area contributed by atoms with Crippen molar-refractivity contribution in [2.45, 2.75) is 51.2 Å². The molecule has 0 spiro atoms. The number of hydrogen-bond donors (Lipinski definition) is 1. The Hall–Kier alpha value is -1.50. The van der Waals surface area contributed by atoms with Crippen molar-refractivity contribution >= 4 is 5.97 Å². The fourth-order valence-corrected chi connectivity index (χ4v) is 2.83. The molecule has 1 saturated carbocycles. The van der Waals surface area contributed by atoms with Crippen LogP contribution >= 0.6 is 0 Å². The van der Waals surface area contributed by atoms with Crippen LogP contribution in [0.3, 0.4) is 0 Å². The van der Waals surface area contributed by atoms with E-state index in [1.165, 1.54) is 0 Å². The van der Waals surface area contributed by atoms with Gasteiger partial charge in [0, 0.05) is 13.0 Å². The Kier molecular flexibility index (Phi) is 3.22. The smallest absolute Gasteiger partial charge is 0.311 e. The first-order valence-corrected chi connectivity index (χ1v) is 6.80. The van der Waals surface area contributed by atoms with Gasteiger partial charge < -0.3 is 9.84 Å². The molecule has 2 heterocycles. The van der Waals surface area contributed by atoms with E-state index in [2.05, 4.69) is 15.5 Å². The van der Waals surface area contributed by atoms with Crippen LogP contribution in [0.1, 0.15) is 37.9 Å². The minimum absolute atomic E-state index is 0.173. The summed E-state index contributed by atoms with van der Waals surface area (Å²) in [6, 6.07) is 0. The number of carboxylic acids is 1. The van der Waals surface area contributed by atoms with Crippen LogP contribution < -0.4 is 0 Å². The highest BCUT2D eigenvalue weighted by molar-refractivity contribution is 5.75. The molecule has 0 radical (unpaired) electrons. The number of carbonyl (C=O) groups is 1. The zero-order valence-corrected chi connectivity index (χ0v) is 10.8. The van der Waals surface area contributed by atoms with Gasteiger partial charge in [0.05, 0.1) is 18.1 Å². The lowest BCUT2D eigenvalue weighted by molar-refractivity contribution is -0.156. The number of ether oxygens (including phenoxy) is 1. The van der Waals surface area contributed by atoms with Crippen LogP contribution in [0.4, 0.5) is 0 Å². The van der Waals surface area contributed by atoms with Crippen molar-refractivity contribution in [3.05, 3.63) is 5.82 Å². The minimum Gasteiger partial charge on any atom is -0.481 e. The normalized spacial score (nSPS) is 25.2. The molecule has 1 atom stereocenters. The molecule has 0 aromatic carbocycles. The van der Waals surface area contributed by atoms with Crippen molar-refractivity contribution in [1.82, 2.24) is 20.2 Å². The summed E-state index contributed by atoms with van der Waals surface area (Å²) in [6.45, 7) is 1.17. The molecule has 1 unspecified atom stereocenters. The lowest BCUT2D eigenvalue weighted by Crippen LogP contribution is -2.42. The highest BCUT2D eigenvalue weighted by Gasteiger charge is 2.45. The zero-order chi connectivity index (χ0) is 13.3. The van der Waals surface area contributed by atoms with Gasteiger partial charge in [0.25, 0.3) is 0 Å². The molecule has 0 bridgehead atoms. The maximum absolute atomic E-state index is 11.4. The second-order valence-electron chi connectivity index (χ2n) is 5.53. The quantitative estimate of drug-likeness (QED) is 0.841. The topological polar surface area (TPSA) is 90.1 Å². The number of hydrogen-bond acceptors (Lipinski definition) is 5. The van der Waals surface area contributed by atoms with Crippen LogP contribution in [-0.4, -0.2) is 44.0 Å². The average molecular weight is 266 g/mol. The lowest BCUT2D eigenvalue weighted by Gasteiger charge is -2.37. The van der Waals surface area contributed by atoms with Crippen LogP contribution in [0.25, 0.3) is 0 Å². The SMILES string of the molecule is O=C(O)C1(Cn2nnnc2CC2CCCO2)CCC1. The third-order valence-electron chi connectivity index (χ3n) is 4.26. The van der Waals surface area contributed by atoms with Crippen molar-refractivity contribution in [2.24, 2.45) is 5.41 Å². The summed E-state index contributed by atoms with van der Waals surface area (Å²) in [5, 5.41) is 21.0. The first kappa shape index (κ1) is 12.5. The Morgan fingerprint density at radius 3 is 2.89 bits per heavy atom. The van der Waals surface area contributed by atoms with Gasteiger partial charge in [-0.2, -0.15) is 0 Å². The van der Waals surface area contributed by atoms with Crippen LogP contribution in [-0.2, 0) is 22.5 Å². The van der Waals surface area contributed by atoms with Gasteiger partial charge >= 0.3 is 5.97 Å². The molecule has 104 valence electrons. The van der Waals surface area contributed by atoms with Crippen LogP contribution in [0, 0.1) is 5.41 Å². The zero-order valence-electron chi connectivity index (χ0n) is 10.8. The molecule has 1 aliphatic heterocycles. The summed E-state index contributed by atoms with van der Waals surface area (Å²) in [7, 11) is 0. The van der Waals surface area contributed by atoms with Crippen LogP contribution in [0.5, 0.6) is 0 Å². The fraction of sp³-hybridized carbons (Fsp3) is 0.833. The Labute approximate surface area is 110 Å². The largest absolute Gasteiger partial charge is 0.481 e. The summed E-state index contributed by atoms with van der Waals surface area (Å²) >= 11 is 0. The standard InChI is InChI=1S/C12H18N4O3/c17-11(18)12(4-2-5-12)8-16-10(13-14-15-16)7-9-3-1-6-19-9/h9H,1-8H2,(H,17,18). The molecule has 1 saturated heterocycles. The number of carboxylic acid groups (broad SMARTS) is 1. The van der Waals surface area contributed by atoms with E-state index in [9.17, 15) is 9.90 Å². The van der Waals surface area contributed by atoms with E-state index < -0.39 is 11.4 Å². The van der Waals surface area contributed by atoms with Gasteiger partial charge in [-0.25, -0.2) is 4.68 Å². The lowest BCUT2D eigenvalue weighted by atomic mass is 9.69. The Morgan fingerprint density at radius 1 is 1.47 bits per heavy atom. The molecule has 1 aromatic rings. The number of aromatic nitrogens is 4. The second-order valence-corrected chi connectivity index (χ2v) is 5.53. The summed E-state index contributed by atoms with van der Waals surface area (Å²) in [5.41, 5.74) is -0.666. The number of tetrazole rings is 1. The van der Waals surface area contributed by atoms with E-state index in [4.69, 9.17) is 4.74 Å². The molecule has 1 aliphatic carbocycles. The first-order chi connectivity index (χ1) is 9.20. The summed E-state index contributed by atoms with van der Waals surface area (Å²) < 4.78 is 7.22. The molecular weight excluding hydrogens is 248 g/mol. The highest BCUT2D eigenvalue weighted by atomic mass is 16.5. The predicted octanol–water partition coefficient (Wildman–Crippen LogP) is 0.649. The fourth-order valence-electron chi connectivity index (χ4n) is 2.83. The van der Waals surface area contributed by atoms with Gasteiger partial charge in [-0.3, -0.25) is 4.79 Å². The van der Waals surface area contributed by atoms with Gasteiger partial charge in [0.1, 0.15) is 0 Å². The van der Waals surface area contributed by atoms with Gasteiger partial charge in [0.2, 0.25) is 0 Å². The van der Waals surface area contributed by atoms with E-state index in [0.29, 0.717) is 25.8 Å². The molecule has 3 rings (SSSR count). The van der Waals surface area contributed by atoms with E-state index >= 15 is 0 Å². The number of rotatable bonds is 5. The van der Waals surface area contributed by atoms with Crippen molar-refractivity contribution in [3.63, 3.8) is 0 Å². The summed E-state index contributed by atoms with van der Waals surface area (Å²) in [6.07, 6.45) is 5.33. The highest BCUT2D eigenvalue weighted by Crippen LogP contribution is 2.42. The summed E-state index contributed by atoms with van der Waals surface area (Å²) in [4.78, 5) is 11.4. The van der Waals surface area contributed by atoms with E-state index in [-0.39, 0.29) is 6.10 Å². The Balaban J connectivity index is 1.71. The van der Waals surface area contributed by atoms with Crippen LogP contribution in [0.2, 0.25) is 0 Å². The molecule has 7 nitrogen and oxygen atoms in total. The van der Waals surface area contributed by atoms with Gasteiger partial charge in [-0.05, 0) is 36.1 Å². The maximum Gasteiger partial charge on any atom is 0.311 e. The molecule has 2 aliphatic rings. The second kappa shape index (κ2) is 4.88. The first-order valence-electron chi connectivity index (χ1n) is 6.80. The Bertz CT molecular complexity index is 463.